The van der Waals surface area contributed by atoms with E-state index in [0.717, 1.165) is 29.5 Å². The smallest absolute Gasteiger partial charge is 0.335 e. The van der Waals surface area contributed by atoms with Crippen LogP contribution >= 0.6 is 0 Å². The van der Waals surface area contributed by atoms with Gasteiger partial charge in [0.15, 0.2) is 0 Å². The molecule has 1 N–H and O–H groups in total. The summed E-state index contributed by atoms with van der Waals surface area (Å²) in [4.78, 5) is 11.5. The number of nitrogens with zero attached hydrogens (tertiary/aromatic N) is 5. The molecule has 1 aromatic heterocycles. The normalized spacial score (nSPS) is 13.4. The predicted molar refractivity (Wildman–Crippen MR) is 88.2 cm³/mol. The Morgan fingerprint density at radius 3 is 2.72 bits per heavy atom. The van der Waals surface area contributed by atoms with Crippen LogP contribution in [0.4, 0.5) is 0 Å². The lowest BCUT2D eigenvalue weighted by Crippen LogP contribution is -2.02. The highest BCUT2D eigenvalue weighted by atomic mass is 16.4. The topological polar surface area (TPSA) is 105 Å². The molecule has 122 valence electrons. The van der Waals surface area contributed by atoms with Gasteiger partial charge in [-0.05, 0) is 76.2 Å². The average Bonchev–Trinajstić information content (AvgIpc) is 3.34. The van der Waals surface area contributed by atoms with E-state index in [9.17, 15) is 9.90 Å². The highest BCUT2D eigenvalue weighted by Gasteiger charge is 2.27. The Labute approximate surface area is 143 Å². The van der Waals surface area contributed by atoms with Crippen molar-refractivity contribution in [1.82, 2.24) is 20.2 Å². The molecule has 0 aliphatic heterocycles. The van der Waals surface area contributed by atoms with Crippen LogP contribution in [0.15, 0.2) is 42.7 Å². The molecule has 25 heavy (non-hydrogen) atoms. The van der Waals surface area contributed by atoms with Gasteiger partial charge < -0.3 is 5.11 Å². The maximum Gasteiger partial charge on any atom is 0.335 e. The number of aromatic carboxylic acids is 1. The number of carboxylic acids is 1. The van der Waals surface area contributed by atoms with Gasteiger partial charge in [0.05, 0.1) is 22.9 Å². The lowest BCUT2D eigenvalue weighted by atomic mass is 9.93. The van der Waals surface area contributed by atoms with E-state index < -0.39 is 5.97 Å². The molecule has 0 unspecified atom stereocenters. The molecule has 4 rings (SSSR count). The summed E-state index contributed by atoms with van der Waals surface area (Å²) in [5.41, 5.74) is 4.15. The Morgan fingerprint density at radius 1 is 1.24 bits per heavy atom. The van der Waals surface area contributed by atoms with Gasteiger partial charge in [0, 0.05) is 0 Å². The van der Waals surface area contributed by atoms with E-state index in [1.54, 1.807) is 12.1 Å². The predicted octanol–water partition coefficient (Wildman–Crippen LogP) is 2.78. The van der Waals surface area contributed by atoms with E-state index in [2.05, 4.69) is 21.6 Å². The molecule has 3 aromatic rings. The zero-order valence-corrected chi connectivity index (χ0v) is 13.1. The van der Waals surface area contributed by atoms with Crippen LogP contribution in [0.25, 0.3) is 16.8 Å². The Balaban J connectivity index is 1.91. The van der Waals surface area contributed by atoms with Crippen LogP contribution in [0, 0.1) is 11.3 Å². The SMILES string of the molecule is N#Cc1ccc(-c2cc(C(=O)O)cc(-n3cnnn3)c2)c(C2CC2)c1. The zero-order valence-electron chi connectivity index (χ0n) is 13.1. The molecular formula is C18H13N5O2. The van der Waals surface area contributed by atoms with Crippen molar-refractivity contribution in [3.05, 3.63) is 59.4 Å². The summed E-state index contributed by atoms with van der Waals surface area (Å²) in [5.74, 6) is -0.592. The minimum absolute atomic E-state index is 0.161. The molecule has 1 aliphatic carbocycles. The van der Waals surface area contributed by atoms with Crippen molar-refractivity contribution in [1.29, 1.82) is 5.26 Å². The van der Waals surface area contributed by atoms with Gasteiger partial charge in [-0.2, -0.15) is 5.26 Å². The number of tetrazole rings is 1. The maximum absolute atomic E-state index is 11.5. The number of aromatic nitrogens is 4. The largest absolute Gasteiger partial charge is 0.478 e. The van der Waals surface area contributed by atoms with Crippen molar-refractivity contribution in [2.45, 2.75) is 18.8 Å². The molecule has 1 fully saturated rings. The summed E-state index contributed by atoms with van der Waals surface area (Å²) >= 11 is 0. The molecule has 7 heteroatoms. The molecule has 2 aromatic carbocycles. The highest BCUT2D eigenvalue weighted by Crippen LogP contribution is 2.45. The first kappa shape index (κ1) is 15.0. The van der Waals surface area contributed by atoms with Gasteiger partial charge in [0.2, 0.25) is 0 Å². The fraction of sp³-hybridized carbons (Fsp3) is 0.167. The molecule has 1 aliphatic rings. The number of nitriles is 1. The Morgan fingerprint density at radius 2 is 2.08 bits per heavy atom. The minimum atomic E-state index is -1.02. The van der Waals surface area contributed by atoms with Gasteiger partial charge in [-0.1, -0.05) is 6.07 Å². The second-order valence-corrected chi connectivity index (χ2v) is 6.02. The van der Waals surface area contributed by atoms with Crippen LogP contribution in [0.5, 0.6) is 0 Å². The van der Waals surface area contributed by atoms with Crippen molar-refractivity contribution in [3.63, 3.8) is 0 Å². The van der Waals surface area contributed by atoms with Crippen molar-refractivity contribution < 1.29 is 9.90 Å². The standard InChI is InChI=1S/C18H13N5O2/c19-9-11-1-4-16(17(5-11)12-2-3-12)13-6-14(18(24)25)8-15(7-13)23-10-20-21-22-23/h1,4-8,10,12H,2-3H2,(H,24,25). The van der Waals surface area contributed by atoms with Gasteiger partial charge in [-0.25, -0.2) is 9.48 Å². The van der Waals surface area contributed by atoms with Crippen molar-refractivity contribution in [2.75, 3.05) is 0 Å². The fourth-order valence-corrected chi connectivity index (χ4v) is 2.93. The summed E-state index contributed by atoms with van der Waals surface area (Å²) in [7, 11) is 0. The summed E-state index contributed by atoms with van der Waals surface area (Å²) in [6.07, 6.45) is 3.59. The van der Waals surface area contributed by atoms with Crippen molar-refractivity contribution in [3.8, 4) is 22.9 Å². The van der Waals surface area contributed by atoms with Gasteiger partial charge in [0.25, 0.3) is 0 Å². The first-order valence-electron chi connectivity index (χ1n) is 7.82. The first-order chi connectivity index (χ1) is 12.2. The molecule has 0 bridgehead atoms. The van der Waals surface area contributed by atoms with E-state index in [0.29, 0.717) is 17.2 Å². The molecule has 1 saturated carbocycles. The minimum Gasteiger partial charge on any atom is -0.478 e. The summed E-state index contributed by atoms with van der Waals surface area (Å²) in [5, 5.41) is 29.6. The first-order valence-corrected chi connectivity index (χ1v) is 7.82. The molecule has 0 spiro atoms. The number of hydrogen-bond acceptors (Lipinski definition) is 5. The third-order valence-corrected chi connectivity index (χ3v) is 4.29. The van der Waals surface area contributed by atoms with Gasteiger partial charge in [0.1, 0.15) is 6.33 Å². The third-order valence-electron chi connectivity index (χ3n) is 4.29. The summed E-state index contributed by atoms with van der Waals surface area (Å²) < 4.78 is 1.43. The average molecular weight is 331 g/mol. The van der Waals surface area contributed by atoms with Gasteiger partial charge in [-0.3, -0.25) is 0 Å². The lowest BCUT2D eigenvalue weighted by molar-refractivity contribution is 0.0697. The van der Waals surface area contributed by atoms with Crippen LogP contribution < -0.4 is 0 Å². The second-order valence-electron chi connectivity index (χ2n) is 6.02. The van der Waals surface area contributed by atoms with E-state index >= 15 is 0 Å². The van der Waals surface area contributed by atoms with Gasteiger partial charge in [-0.15, -0.1) is 5.10 Å². The molecule has 0 saturated heterocycles. The summed E-state index contributed by atoms with van der Waals surface area (Å²) in [6, 6.07) is 12.7. The number of carboxylic acid groups (broad SMARTS) is 1. The van der Waals surface area contributed by atoms with Crippen molar-refractivity contribution >= 4 is 5.97 Å². The third kappa shape index (κ3) is 2.85. The number of carbonyl (C=O) groups is 1. The highest BCUT2D eigenvalue weighted by molar-refractivity contribution is 5.91. The van der Waals surface area contributed by atoms with Gasteiger partial charge >= 0.3 is 5.97 Å². The lowest BCUT2D eigenvalue weighted by Gasteiger charge is -2.12. The quantitative estimate of drug-likeness (QED) is 0.788. The Kier molecular flexibility index (Phi) is 3.51. The van der Waals surface area contributed by atoms with Crippen LogP contribution in [0.1, 0.15) is 40.2 Å². The zero-order chi connectivity index (χ0) is 17.4. The second kappa shape index (κ2) is 5.83. The Bertz CT molecular complexity index is 1000. The Hall–Kier alpha value is -3.53. The maximum atomic E-state index is 11.5. The van der Waals surface area contributed by atoms with Crippen LogP contribution in [-0.4, -0.2) is 31.3 Å². The molecule has 0 amide bonds. The van der Waals surface area contributed by atoms with Crippen molar-refractivity contribution in [2.24, 2.45) is 0 Å². The van der Waals surface area contributed by atoms with Crippen LogP contribution in [-0.2, 0) is 0 Å². The van der Waals surface area contributed by atoms with Crippen LogP contribution in [0.2, 0.25) is 0 Å². The monoisotopic (exact) mass is 331 g/mol. The molecule has 0 radical (unpaired) electrons. The van der Waals surface area contributed by atoms with Crippen LogP contribution in [0.3, 0.4) is 0 Å². The number of rotatable bonds is 4. The molecule has 7 nitrogen and oxygen atoms in total. The number of benzene rings is 2. The molecule has 1 heterocycles. The molecular weight excluding hydrogens is 318 g/mol. The van der Waals surface area contributed by atoms with E-state index in [1.807, 2.05) is 18.2 Å². The summed E-state index contributed by atoms with van der Waals surface area (Å²) in [6.45, 7) is 0. The fourth-order valence-electron chi connectivity index (χ4n) is 2.93. The van der Waals surface area contributed by atoms with E-state index in [1.165, 1.54) is 17.1 Å². The van der Waals surface area contributed by atoms with E-state index in [4.69, 9.17) is 5.26 Å². The molecule has 0 atom stereocenters. The number of hydrogen-bond donors (Lipinski definition) is 1. The van der Waals surface area contributed by atoms with E-state index in [-0.39, 0.29) is 5.56 Å².